The SMILES string of the molecule is C=Cc1c2[nH]c(c1C)Cc1[nH]c(c(C)c1/C=C/C)Cc1[nH]c(c(CCC(=O)O)c1C)Cc1[nH]c(c(C)c1CCC(=O)O)C2. The van der Waals surface area contributed by atoms with E-state index in [9.17, 15) is 19.8 Å². The number of carboxylic acid groups (broad SMARTS) is 2. The van der Waals surface area contributed by atoms with Crippen LogP contribution in [0, 0.1) is 27.7 Å². The van der Waals surface area contributed by atoms with Crippen molar-refractivity contribution in [2.45, 2.75) is 86.0 Å². The van der Waals surface area contributed by atoms with Crippen molar-refractivity contribution in [3.05, 3.63) is 103 Å². The highest BCUT2D eigenvalue weighted by molar-refractivity contribution is 5.68. The Morgan fingerprint density at radius 3 is 1.44 bits per heavy atom. The third kappa shape index (κ3) is 5.78. The van der Waals surface area contributed by atoms with Crippen LogP contribution >= 0.6 is 0 Å². The van der Waals surface area contributed by atoms with Crippen molar-refractivity contribution < 1.29 is 19.8 Å². The van der Waals surface area contributed by atoms with Gasteiger partial charge in [-0.3, -0.25) is 9.59 Å². The number of carbonyl (C=O) groups is 2. The second-order valence-electron chi connectivity index (χ2n) is 11.8. The van der Waals surface area contributed by atoms with Gasteiger partial charge in [-0.25, -0.2) is 0 Å². The molecule has 8 heteroatoms. The van der Waals surface area contributed by atoms with Gasteiger partial charge in [0, 0.05) is 84.1 Å². The number of hydrogen-bond donors (Lipinski definition) is 6. The zero-order chi connectivity index (χ0) is 31.0. The summed E-state index contributed by atoms with van der Waals surface area (Å²) in [6.07, 6.45) is 9.63. The minimum Gasteiger partial charge on any atom is -0.481 e. The van der Waals surface area contributed by atoms with Crippen LogP contribution in [0.2, 0.25) is 0 Å². The molecule has 0 unspecified atom stereocenters. The maximum atomic E-state index is 11.6. The molecular weight excluding hydrogens is 540 g/mol. The summed E-state index contributed by atoms with van der Waals surface area (Å²) >= 11 is 0. The Balaban J connectivity index is 1.73. The van der Waals surface area contributed by atoms with Crippen molar-refractivity contribution >= 4 is 24.1 Å². The fourth-order valence-corrected chi connectivity index (χ4v) is 6.79. The van der Waals surface area contributed by atoms with Gasteiger partial charge in [0.05, 0.1) is 0 Å². The zero-order valence-corrected chi connectivity index (χ0v) is 25.8. The Morgan fingerprint density at radius 1 is 0.628 bits per heavy atom. The molecule has 0 fully saturated rings. The van der Waals surface area contributed by atoms with Gasteiger partial charge in [0.1, 0.15) is 0 Å². The first-order valence-corrected chi connectivity index (χ1v) is 15.0. The van der Waals surface area contributed by atoms with E-state index in [0.717, 1.165) is 73.4 Å². The van der Waals surface area contributed by atoms with Crippen LogP contribution in [0.3, 0.4) is 0 Å². The van der Waals surface area contributed by atoms with Gasteiger partial charge in [-0.1, -0.05) is 24.8 Å². The van der Waals surface area contributed by atoms with Gasteiger partial charge in [-0.2, -0.15) is 0 Å². The Labute approximate surface area is 252 Å². The smallest absolute Gasteiger partial charge is 0.303 e. The van der Waals surface area contributed by atoms with Gasteiger partial charge in [-0.15, -0.1) is 0 Å². The van der Waals surface area contributed by atoms with Crippen molar-refractivity contribution in [1.29, 1.82) is 0 Å². The summed E-state index contributed by atoms with van der Waals surface area (Å²) in [6, 6.07) is 0. The first-order chi connectivity index (χ1) is 20.5. The van der Waals surface area contributed by atoms with E-state index < -0.39 is 11.9 Å². The lowest BCUT2D eigenvalue weighted by Crippen LogP contribution is -2.04. The third-order valence-corrected chi connectivity index (χ3v) is 9.24. The number of aromatic amines is 4. The van der Waals surface area contributed by atoms with Crippen molar-refractivity contribution in [2.75, 3.05) is 0 Å². The average molecular weight is 583 g/mol. The van der Waals surface area contributed by atoms with Crippen LogP contribution in [0.5, 0.6) is 0 Å². The molecule has 0 amide bonds. The van der Waals surface area contributed by atoms with Crippen LogP contribution in [-0.4, -0.2) is 42.1 Å². The number of aliphatic carboxylic acids is 2. The van der Waals surface area contributed by atoms with E-state index in [1.165, 1.54) is 16.7 Å². The van der Waals surface area contributed by atoms with Gasteiger partial charge < -0.3 is 30.1 Å². The summed E-state index contributed by atoms with van der Waals surface area (Å²) in [4.78, 5) is 38.0. The predicted octanol–water partition coefficient (Wildman–Crippen LogP) is 6.62. The molecule has 0 saturated carbocycles. The molecule has 43 heavy (non-hydrogen) atoms. The summed E-state index contributed by atoms with van der Waals surface area (Å²) in [5.41, 5.74) is 17.4. The molecule has 4 aromatic rings. The predicted molar refractivity (Wildman–Crippen MR) is 170 cm³/mol. The van der Waals surface area contributed by atoms with Gasteiger partial charge in [0.2, 0.25) is 0 Å². The monoisotopic (exact) mass is 582 g/mol. The summed E-state index contributed by atoms with van der Waals surface area (Å²) in [5, 5.41) is 19.0. The molecule has 5 rings (SSSR count). The van der Waals surface area contributed by atoms with Crippen LogP contribution < -0.4 is 0 Å². The molecular formula is C35H42N4O4. The minimum atomic E-state index is -0.831. The van der Waals surface area contributed by atoms with Crippen molar-refractivity contribution in [3.63, 3.8) is 0 Å². The third-order valence-electron chi connectivity index (χ3n) is 9.24. The van der Waals surface area contributed by atoms with Gasteiger partial charge in [-0.05, 0) is 92.0 Å². The lowest BCUT2D eigenvalue weighted by molar-refractivity contribution is -0.138. The molecule has 226 valence electrons. The Kier molecular flexibility index (Phi) is 8.40. The van der Waals surface area contributed by atoms with E-state index in [1.807, 2.05) is 13.0 Å². The number of aromatic nitrogens is 4. The molecule has 8 nitrogen and oxygen atoms in total. The van der Waals surface area contributed by atoms with Crippen LogP contribution in [0.15, 0.2) is 12.7 Å². The molecule has 0 radical (unpaired) electrons. The topological polar surface area (TPSA) is 138 Å². The first kappa shape index (κ1) is 30.0. The van der Waals surface area contributed by atoms with Crippen molar-refractivity contribution in [1.82, 2.24) is 19.9 Å². The summed E-state index contributed by atoms with van der Waals surface area (Å²) < 4.78 is 0. The van der Waals surface area contributed by atoms with Crippen LogP contribution in [-0.2, 0) is 48.1 Å². The molecule has 8 bridgehead atoms. The lowest BCUT2D eigenvalue weighted by atomic mass is 9.97. The standard InChI is InChI=1S/C35H42N4O4/c1-7-9-23-19(4)26-14-27-20(5)24(10-12-34(40)41)32(38-27)17-33-25(11-13-35(42)43)21(6)29(39-33)15-30-22(8-2)18(3)28(36-30)16-31(23)37-26/h7-9,36-39H,2,10-17H2,1,3-6H3,(H,40,41)(H,42,43)/b9-7+. The summed E-state index contributed by atoms with van der Waals surface area (Å²) in [5.74, 6) is -1.66. The van der Waals surface area contributed by atoms with E-state index in [4.69, 9.17) is 0 Å². The number of rotatable bonds is 8. The van der Waals surface area contributed by atoms with Gasteiger partial charge in [0.15, 0.2) is 0 Å². The van der Waals surface area contributed by atoms with Crippen LogP contribution in [0.4, 0.5) is 0 Å². The first-order valence-electron chi connectivity index (χ1n) is 15.0. The number of allylic oxidation sites excluding steroid dienone is 1. The summed E-state index contributed by atoms with van der Waals surface area (Å²) in [6.45, 7) is 14.6. The van der Waals surface area contributed by atoms with Gasteiger partial charge in [0.25, 0.3) is 0 Å². The molecule has 1 aliphatic rings. The molecule has 6 N–H and O–H groups in total. The normalized spacial score (nSPS) is 13.1. The highest BCUT2D eigenvalue weighted by atomic mass is 16.4. The molecule has 0 atom stereocenters. The van der Waals surface area contributed by atoms with Crippen LogP contribution in [0.1, 0.15) is 110 Å². The average Bonchev–Trinajstić information content (AvgIpc) is 3.61. The van der Waals surface area contributed by atoms with E-state index >= 15 is 0 Å². The number of fused-ring (bicyclic) bond motifs is 8. The van der Waals surface area contributed by atoms with Gasteiger partial charge >= 0.3 is 11.9 Å². The quantitative estimate of drug-likeness (QED) is 0.122. The molecule has 0 spiro atoms. The van der Waals surface area contributed by atoms with Crippen molar-refractivity contribution in [2.24, 2.45) is 0 Å². The maximum Gasteiger partial charge on any atom is 0.303 e. The lowest BCUT2D eigenvalue weighted by Gasteiger charge is -2.07. The maximum absolute atomic E-state index is 11.6. The largest absolute Gasteiger partial charge is 0.481 e. The van der Waals surface area contributed by atoms with E-state index in [0.29, 0.717) is 38.5 Å². The van der Waals surface area contributed by atoms with Crippen LogP contribution in [0.25, 0.3) is 12.2 Å². The Hall–Kier alpha value is -4.46. The number of carboxylic acids is 2. The molecule has 0 aromatic carbocycles. The highest BCUT2D eigenvalue weighted by Crippen LogP contribution is 2.33. The van der Waals surface area contributed by atoms with E-state index in [1.54, 1.807) is 0 Å². The second kappa shape index (κ2) is 12.0. The van der Waals surface area contributed by atoms with E-state index in [-0.39, 0.29) is 12.8 Å². The molecule has 1 aliphatic heterocycles. The molecule has 0 saturated heterocycles. The Bertz CT molecular complexity index is 1750. The number of H-pyrrole nitrogens is 4. The molecule has 4 aromatic heterocycles. The second-order valence-corrected chi connectivity index (χ2v) is 11.8. The van der Waals surface area contributed by atoms with Crippen molar-refractivity contribution in [3.8, 4) is 0 Å². The highest BCUT2D eigenvalue weighted by Gasteiger charge is 2.24. The fourth-order valence-electron chi connectivity index (χ4n) is 6.79. The number of hydrogen-bond acceptors (Lipinski definition) is 2. The molecule has 0 aliphatic carbocycles. The molecule has 5 heterocycles. The zero-order valence-electron chi connectivity index (χ0n) is 25.8. The summed E-state index contributed by atoms with van der Waals surface area (Å²) in [7, 11) is 0. The van der Waals surface area contributed by atoms with E-state index in [2.05, 4.69) is 66.4 Å². The minimum absolute atomic E-state index is 0.0401. The fraction of sp³-hybridized carbons (Fsp3) is 0.371. The Morgan fingerprint density at radius 2 is 1.00 bits per heavy atom. The number of nitrogens with one attached hydrogen (secondary N) is 4.